The fraction of sp³-hybridized carbons (Fsp3) is 0.412. The van der Waals surface area contributed by atoms with Gasteiger partial charge in [-0.2, -0.15) is 0 Å². The van der Waals surface area contributed by atoms with Gasteiger partial charge in [-0.05, 0) is 54.6 Å². The first-order chi connectivity index (χ1) is 9.74. The molecule has 1 fully saturated rings. The highest BCUT2D eigenvalue weighted by Crippen LogP contribution is 2.25. The van der Waals surface area contributed by atoms with Crippen LogP contribution in [0, 0.1) is 0 Å². The number of phenolic OH excluding ortho intramolecular Hbond substituents is 1. The molecule has 1 aromatic rings. The smallest absolute Gasteiger partial charge is 0.116 e. The van der Waals surface area contributed by atoms with E-state index in [0.717, 1.165) is 39.1 Å². The lowest BCUT2D eigenvalue weighted by Crippen LogP contribution is -2.41. The molecule has 0 aromatic heterocycles. The number of allylic oxidation sites excluding steroid dienone is 2. The van der Waals surface area contributed by atoms with E-state index in [0.29, 0.717) is 5.75 Å². The predicted octanol–water partition coefficient (Wildman–Crippen LogP) is 2.60. The molecule has 2 rings (SSSR count). The molecule has 0 bridgehead atoms. The van der Waals surface area contributed by atoms with Crippen molar-refractivity contribution in [3.05, 3.63) is 54.1 Å². The molecule has 1 aromatic carbocycles. The predicted molar refractivity (Wildman–Crippen MR) is 83.8 cm³/mol. The molecule has 2 N–H and O–H groups in total. The van der Waals surface area contributed by atoms with Gasteiger partial charge in [0, 0.05) is 19.8 Å². The molecule has 1 heterocycles. The first-order valence-corrected chi connectivity index (χ1v) is 7.23. The molecule has 0 atom stereocenters. The Bertz CT molecular complexity index is 445. The van der Waals surface area contributed by atoms with Crippen molar-refractivity contribution in [2.45, 2.75) is 25.8 Å². The molecule has 108 valence electrons. The van der Waals surface area contributed by atoms with Gasteiger partial charge in [0.25, 0.3) is 0 Å². The second-order valence-electron chi connectivity index (χ2n) is 5.29. The van der Waals surface area contributed by atoms with Gasteiger partial charge in [-0.1, -0.05) is 12.2 Å². The number of hydrogen-bond acceptors (Lipinski definition) is 3. The van der Waals surface area contributed by atoms with Gasteiger partial charge in [-0.15, -0.1) is 13.2 Å². The molecule has 1 saturated heterocycles. The minimum Gasteiger partial charge on any atom is -0.508 e. The number of nitrogens with one attached hydrogen (secondary N) is 1. The summed E-state index contributed by atoms with van der Waals surface area (Å²) in [5, 5.41) is 13.3. The van der Waals surface area contributed by atoms with Gasteiger partial charge in [0.1, 0.15) is 5.75 Å². The zero-order valence-corrected chi connectivity index (χ0v) is 12.1. The van der Waals surface area contributed by atoms with E-state index in [2.05, 4.69) is 23.4 Å². The largest absolute Gasteiger partial charge is 0.508 e. The highest BCUT2D eigenvalue weighted by Gasteiger charge is 2.15. The second kappa shape index (κ2) is 7.27. The van der Waals surface area contributed by atoms with Crippen LogP contribution in [0.25, 0.3) is 0 Å². The van der Waals surface area contributed by atoms with E-state index in [1.807, 2.05) is 24.3 Å². The third kappa shape index (κ3) is 3.71. The molecule has 3 nitrogen and oxygen atoms in total. The number of hydrogen-bond donors (Lipinski definition) is 2. The van der Waals surface area contributed by atoms with Crippen LogP contribution in [-0.4, -0.2) is 29.8 Å². The molecule has 1 aliphatic rings. The van der Waals surface area contributed by atoms with E-state index in [4.69, 9.17) is 0 Å². The van der Waals surface area contributed by atoms with Crippen molar-refractivity contribution in [1.29, 1.82) is 0 Å². The molecule has 1 aliphatic heterocycles. The first-order valence-electron chi connectivity index (χ1n) is 7.23. The normalized spacial score (nSPS) is 16.0. The summed E-state index contributed by atoms with van der Waals surface area (Å²) < 4.78 is 0. The number of rotatable bonds is 6. The summed E-state index contributed by atoms with van der Waals surface area (Å²) in [5.74, 6) is 0.333. The van der Waals surface area contributed by atoms with Gasteiger partial charge in [0.15, 0.2) is 0 Å². The van der Waals surface area contributed by atoms with Gasteiger partial charge in [-0.3, -0.25) is 4.90 Å². The highest BCUT2D eigenvalue weighted by molar-refractivity contribution is 5.43. The Morgan fingerprint density at radius 3 is 2.35 bits per heavy atom. The quantitative estimate of drug-likeness (QED) is 0.781. The fourth-order valence-electron chi connectivity index (χ4n) is 2.76. The van der Waals surface area contributed by atoms with Crippen LogP contribution in [-0.2, 0) is 19.4 Å². The Kier molecular flexibility index (Phi) is 5.39. The fourth-order valence-corrected chi connectivity index (χ4v) is 2.76. The third-order valence-corrected chi connectivity index (χ3v) is 3.69. The van der Waals surface area contributed by atoms with E-state index in [9.17, 15) is 5.11 Å². The van der Waals surface area contributed by atoms with E-state index >= 15 is 0 Å². The van der Waals surface area contributed by atoms with Crippen molar-refractivity contribution < 1.29 is 5.11 Å². The monoisotopic (exact) mass is 272 g/mol. The Balaban J connectivity index is 2.29. The maximum Gasteiger partial charge on any atom is 0.116 e. The average molecular weight is 272 g/mol. The molecule has 20 heavy (non-hydrogen) atoms. The molecular weight excluding hydrogens is 248 g/mol. The molecule has 3 heteroatoms. The topological polar surface area (TPSA) is 35.5 Å². The Morgan fingerprint density at radius 1 is 1.20 bits per heavy atom. The average Bonchev–Trinajstić information content (AvgIpc) is 2.44. The van der Waals surface area contributed by atoms with Gasteiger partial charge in [0.2, 0.25) is 0 Å². The maximum atomic E-state index is 9.88. The summed E-state index contributed by atoms with van der Waals surface area (Å²) >= 11 is 0. The Morgan fingerprint density at radius 2 is 1.85 bits per heavy atom. The van der Waals surface area contributed by atoms with Gasteiger partial charge < -0.3 is 10.4 Å². The summed E-state index contributed by atoms with van der Waals surface area (Å²) in [6.45, 7) is 11.7. The molecular formula is C17H24N2O. The van der Waals surface area contributed by atoms with Crippen LogP contribution in [0.2, 0.25) is 0 Å². The van der Waals surface area contributed by atoms with E-state index in [1.165, 1.54) is 23.1 Å². The van der Waals surface area contributed by atoms with Crippen LogP contribution in [0.3, 0.4) is 0 Å². The van der Waals surface area contributed by atoms with Gasteiger partial charge in [-0.25, -0.2) is 0 Å². The summed E-state index contributed by atoms with van der Waals surface area (Å²) in [7, 11) is 0. The minimum atomic E-state index is 0.333. The molecule has 0 unspecified atom stereocenters. The van der Waals surface area contributed by atoms with Crippen molar-refractivity contribution in [1.82, 2.24) is 10.2 Å². The summed E-state index contributed by atoms with van der Waals surface area (Å²) in [6.07, 6.45) is 6.55. The van der Waals surface area contributed by atoms with Gasteiger partial charge in [0.05, 0.1) is 0 Å². The molecule has 0 amide bonds. The Hall–Kier alpha value is -1.58. The molecule has 0 spiro atoms. The van der Waals surface area contributed by atoms with Crippen LogP contribution in [0.4, 0.5) is 0 Å². The zero-order chi connectivity index (χ0) is 14.4. The van der Waals surface area contributed by atoms with Crippen LogP contribution >= 0.6 is 0 Å². The summed E-state index contributed by atoms with van der Waals surface area (Å²) in [5.41, 5.74) is 3.65. The summed E-state index contributed by atoms with van der Waals surface area (Å²) in [4.78, 5) is 2.41. The molecule has 0 saturated carbocycles. The second-order valence-corrected chi connectivity index (χ2v) is 5.29. The SMILES string of the molecule is C=CCc1cc(O)cc(CC=C)c1CN1CCCNC1. The van der Waals surface area contributed by atoms with Gasteiger partial charge >= 0.3 is 0 Å². The van der Waals surface area contributed by atoms with E-state index < -0.39 is 0 Å². The maximum absolute atomic E-state index is 9.88. The van der Waals surface area contributed by atoms with Crippen molar-refractivity contribution in [3.8, 4) is 5.75 Å². The highest BCUT2D eigenvalue weighted by atomic mass is 16.3. The molecule has 0 radical (unpaired) electrons. The number of benzene rings is 1. The standard InChI is InChI=1S/C17H24N2O/c1-3-6-14-10-16(20)11-15(7-4-2)17(14)12-19-9-5-8-18-13-19/h3-4,10-11,18,20H,1-2,5-9,12-13H2. The van der Waals surface area contributed by atoms with Crippen molar-refractivity contribution >= 4 is 0 Å². The third-order valence-electron chi connectivity index (χ3n) is 3.69. The summed E-state index contributed by atoms with van der Waals surface area (Å²) in [6, 6.07) is 3.72. The number of nitrogens with zero attached hydrogens (tertiary/aromatic N) is 1. The van der Waals surface area contributed by atoms with E-state index in [-0.39, 0.29) is 0 Å². The van der Waals surface area contributed by atoms with Crippen molar-refractivity contribution in [2.24, 2.45) is 0 Å². The lowest BCUT2D eigenvalue weighted by molar-refractivity contribution is 0.207. The first kappa shape index (κ1) is 14.8. The van der Waals surface area contributed by atoms with Crippen molar-refractivity contribution in [2.75, 3.05) is 19.8 Å². The van der Waals surface area contributed by atoms with E-state index in [1.54, 1.807) is 0 Å². The van der Waals surface area contributed by atoms with Crippen molar-refractivity contribution in [3.63, 3.8) is 0 Å². The van der Waals surface area contributed by atoms with Crippen LogP contribution in [0.15, 0.2) is 37.4 Å². The Labute approximate surface area is 121 Å². The van der Waals surface area contributed by atoms with Crippen LogP contribution in [0.5, 0.6) is 5.75 Å². The zero-order valence-electron chi connectivity index (χ0n) is 12.1. The lowest BCUT2D eigenvalue weighted by Gasteiger charge is -2.29. The minimum absolute atomic E-state index is 0.333. The lowest BCUT2D eigenvalue weighted by atomic mass is 9.95. The number of phenols is 1. The van der Waals surface area contributed by atoms with Crippen LogP contribution < -0.4 is 5.32 Å². The number of aromatic hydroxyl groups is 1. The van der Waals surface area contributed by atoms with Crippen LogP contribution in [0.1, 0.15) is 23.1 Å². The molecule has 0 aliphatic carbocycles.